The maximum Gasteiger partial charge on any atom is 0.393 e. The molecule has 0 bridgehead atoms. The summed E-state index contributed by atoms with van der Waals surface area (Å²) >= 11 is 1.13. The van der Waals surface area contributed by atoms with E-state index in [9.17, 15) is 13.2 Å². The minimum Gasteiger partial charge on any atom is -0.355 e. The van der Waals surface area contributed by atoms with E-state index in [4.69, 9.17) is 0 Å². The van der Waals surface area contributed by atoms with E-state index < -0.39 is 12.6 Å². The van der Waals surface area contributed by atoms with E-state index >= 15 is 0 Å². The summed E-state index contributed by atoms with van der Waals surface area (Å²) in [7, 11) is 0. The quantitative estimate of drug-likeness (QED) is 0.718. The molecule has 0 aliphatic carbocycles. The van der Waals surface area contributed by atoms with Crippen LogP contribution in [0.15, 0.2) is 12.4 Å². The van der Waals surface area contributed by atoms with E-state index in [1.807, 2.05) is 0 Å². The Bertz CT molecular complexity index is 933. The highest BCUT2D eigenvalue weighted by molar-refractivity contribution is 7.18. The Morgan fingerprint density at radius 2 is 2.00 bits per heavy atom. The Balaban J connectivity index is 1.28. The lowest BCUT2D eigenvalue weighted by Gasteiger charge is -2.55. The number of thiophene rings is 1. The number of nitrogens with zero attached hydrogens (tertiary/aromatic N) is 4. The number of hydrogen-bond acceptors (Lipinski definition) is 6. The van der Waals surface area contributed by atoms with Crippen LogP contribution in [0.1, 0.15) is 31.6 Å². The maximum absolute atomic E-state index is 12.8. The predicted octanol–water partition coefficient (Wildman–Crippen LogP) is 3.94. The third-order valence-corrected chi connectivity index (χ3v) is 8.13. The van der Waals surface area contributed by atoms with Crippen molar-refractivity contribution in [2.24, 2.45) is 17.3 Å². The molecule has 3 saturated heterocycles. The third kappa shape index (κ3) is 4.28. The highest BCUT2D eigenvalue weighted by atomic mass is 32.1. The first-order chi connectivity index (χ1) is 14.7. The van der Waals surface area contributed by atoms with Crippen LogP contribution in [-0.2, 0) is 6.42 Å². The first kappa shape index (κ1) is 21.4. The molecule has 0 radical (unpaired) electrons. The fourth-order valence-electron chi connectivity index (χ4n) is 5.56. The molecule has 1 atom stereocenters. The largest absolute Gasteiger partial charge is 0.393 e. The van der Waals surface area contributed by atoms with Gasteiger partial charge < -0.3 is 10.2 Å². The Morgan fingerprint density at radius 1 is 1.23 bits per heavy atom. The van der Waals surface area contributed by atoms with E-state index in [0.29, 0.717) is 21.7 Å². The van der Waals surface area contributed by atoms with Gasteiger partial charge in [0.05, 0.1) is 11.8 Å². The molecule has 3 aliphatic rings. The van der Waals surface area contributed by atoms with Gasteiger partial charge in [0.2, 0.25) is 0 Å². The third-order valence-electron chi connectivity index (χ3n) is 7.09. The van der Waals surface area contributed by atoms with Gasteiger partial charge in [-0.25, -0.2) is 9.97 Å². The molecule has 170 valence electrons. The first-order valence-corrected chi connectivity index (χ1v) is 12.0. The number of halogens is 3. The van der Waals surface area contributed by atoms with Crippen LogP contribution >= 0.6 is 11.3 Å². The van der Waals surface area contributed by atoms with Gasteiger partial charge in [0.1, 0.15) is 17.0 Å². The number of likely N-dealkylation sites (tertiary alicyclic amines) is 1. The van der Waals surface area contributed by atoms with Crippen molar-refractivity contribution in [3.05, 3.63) is 17.3 Å². The van der Waals surface area contributed by atoms with Crippen molar-refractivity contribution in [2.75, 3.05) is 44.2 Å². The Hall–Kier alpha value is -1.45. The lowest BCUT2D eigenvalue weighted by atomic mass is 9.75. The van der Waals surface area contributed by atoms with Crippen LogP contribution in [0.25, 0.3) is 10.2 Å². The zero-order chi connectivity index (χ0) is 21.8. The fourth-order valence-corrected chi connectivity index (χ4v) is 6.58. The Labute approximate surface area is 185 Å². The molecule has 5 heterocycles. The molecule has 3 fully saturated rings. The SMILES string of the molecule is CC(C)C[C@@H](C1CNC1)N1CC2(CCN(c3ncnc4sc(CC(F)(F)F)cc34)C2)C1. The average Bonchev–Trinajstić information content (AvgIpc) is 3.19. The standard InChI is InChI=1S/C22H30F3N5S/c1-14(2)5-18(15-8-26-9-15)30-11-21(12-30)3-4-29(10-21)19-17-6-16(7-22(23,24)25)31-20(17)28-13-27-19/h6,13-15,18,26H,3-5,7-12H2,1-2H3/t18-/m0/s1. The summed E-state index contributed by atoms with van der Waals surface area (Å²) in [5.41, 5.74) is 0.286. The number of aromatic nitrogens is 2. The van der Waals surface area contributed by atoms with Gasteiger partial charge in [-0.3, -0.25) is 4.90 Å². The molecule has 1 spiro atoms. The smallest absolute Gasteiger partial charge is 0.355 e. The van der Waals surface area contributed by atoms with Crippen molar-refractivity contribution in [1.82, 2.24) is 20.2 Å². The molecule has 3 aliphatic heterocycles. The van der Waals surface area contributed by atoms with Crippen LogP contribution in [0.4, 0.5) is 19.0 Å². The van der Waals surface area contributed by atoms with E-state index in [0.717, 1.165) is 74.1 Å². The van der Waals surface area contributed by atoms with E-state index in [1.54, 1.807) is 6.07 Å². The summed E-state index contributed by atoms with van der Waals surface area (Å²) in [5.74, 6) is 2.25. The highest BCUT2D eigenvalue weighted by Gasteiger charge is 2.51. The number of rotatable bonds is 6. The molecular weight excluding hydrogens is 423 g/mol. The fraction of sp³-hybridized carbons (Fsp3) is 0.727. The molecule has 2 aromatic rings. The normalized spacial score (nSPS) is 23.0. The number of fused-ring (bicyclic) bond motifs is 1. The highest BCUT2D eigenvalue weighted by Crippen LogP contribution is 2.45. The number of nitrogens with one attached hydrogen (secondary N) is 1. The molecule has 0 amide bonds. The molecule has 0 aromatic carbocycles. The predicted molar refractivity (Wildman–Crippen MR) is 118 cm³/mol. The summed E-state index contributed by atoms with van der Waals surface area (Å²) in [6.07, 6.45) is -1.25. The molecule has 5 rings (SSSR count). The zero-order valence-electron chi connectivity index (χ0n) is 18.1. The van der Waals surface area contributed by atoms with Gasteiger partial charge in [0, 0.05) is 55.6 Å². The molecular formula is C22H30F3N5S. The van der Waals surface area contributed by atoms with Crippen LogP contribution in [-0.4, -0.2) is 66.4 Å². The van der Waals surface area contributed by atoms with Crippen LogP contribution in [0, 0.1) is 17.3 Å². The van der Waals surface area contributed by atoms with Crippen LogP contribution in [0.5, 0.6) is 0 Å². The van der Waals surface area contributed by atoms with Gasteiger partial charge in [0.25, 0.3) is 0 Å². The van der Waals surface area contributed by atoms with Gasteiger partial charge >= 0.3 is 6.18 Å². The first-order valence-electron chi connectivity index (χ1n) is 11.2. The number of hydrogen-bond donors (Lipinski definition) is 1. The van der Waals surface area contributed by atoms with Crippen molar-refractivity contribution in [2.45, 2.75) is 45.3 Å². The molecule has 0 saturated carbocycles. The topological polar surface area (TPSA) is 44.3 Å². The Kier molecular flexibility index (Phi) is 5.42. The maximum atomic E-state index is 12.8. The van der Waals surface area contributed by atoms with Gasteiger partial charge in [0.15, 0.2) is 0 Å². The van der Waals surface area contributed by atoms with Gasteiger partial charge in [-0.05, 0) is 30.7 Å². The summed E-state index contributed by atoms with van der Waals surface area (Å²) in [5, 5.41) is 4.18. The number of alkyl halides is 3. The van der Waals surface area contributed by atoms with E-state index in [1.165, 1.54) is 12.7 Å². The van der Waals surface area contributed by atoms with Crippen LogP contribution < -0.4 is 10.2 Å². The van der Waals surface area contributed by atoms with Crippen molar-refractivity contribution < 1.29 is 13.2 Å². The Morgan fingerprint density at radius 3 is 2.65 bits per heavy atom. The summed E-state index contributed by atoms with van der Waals surface area (Å²) < 4.78 is 38.5. The molecule has 31 heavy (non-hydrogen) atoms. The average molecular weight is 454 g/mol. The van der Waals surface area contributed by atoms with Gasteiger partial charge in [-0.1, -0.05) is 13.8 Å². The lowest BCUT2D eigenvalue weighted by Crippen LogP contribution is -2.65. The summed E-state index contributed by atoms with van der Waals surface area (Å²) in [6, 6.07) is 2.30. The zero-order valence-corrected chi connectivity index (χ0v) is 18.9. The number of anilines is 1. The molecule has 9 heteroatoms. The second-order valence-electron chi connectivity index (χ2n) is 10.1. The molecule has 2 aromatic heterocycles. The second-order valence-corrected chi connectivity index (χ2v) is 11.2. The minimum absolute atomic E-state index is 0.286. The minimum atomic E-state index is -4.20. The summed E-state index contributed by atoms with van der Waals surface area (Å²) in [6.45, 7) is 10.9. The van der Waals surface area contributed by atoms with Crippen molar-refractivity contribution >= 4 is 27.4 Å². The van der Waals surface area contributed by atoms with Crippen molar-refractivity contribution in [1.29, 1.82) is 0 Å². The van der Waals surface area contributed by atoms with Crippen LogP contribution in [0.2, 0.25) is 0 Å². The monoisotopic (exact) mass is 453 g/mol. The second kappa shape index (κ2) is 7.85. The van der Waals surface area contributed by atoms with E-state index in [2.05, 4.69) is 38.9 Å². The lowest BCUT2D eigenvalue weighted by molar-refractivity contribution is -0.126. The van der Waals surface area contributed by atoms with Gasteiger partial charge in [-0.15, -0.1) is 11.3 Å². The van der Waals surface area contributed by atoms with Gasteiger partial charge in [-0.2, -0.15) is 13.2 Å². The molecule has 0 unspecified atom stereocenters. The van der Waals surface area contributed by atoms with Crippen LogP contribution in [0.3, 0.4) is 0 Å². The molecule has 1 N–H and O–H groups in total. The summed E-state index contributed by atoms with van der Waals surface area (Å²) in [4.78, 5) is 14.6. The van der Waals surface area contributed by atoms with Crippen molar-refractivity contribution in [3.63, 3.8) is 0 Å². The van der Waals surface area contributed by atoms with E-state index in [-0.39, 0.29) is 5.41 Å². The van der Waals surface area contributed by atoms with Crippen molar-refractivity contribution in [3.8, 4) is 0 Å². The molecule has 5 nitrogen and oxygen atoms in total.